The molecule has 70 heavy (non-hydrogen) atoms. The van der Waals surface area contributed by atoms with Crippen LogP contribution in [0.5, 0.6) is 5.75 Å². The van der Waals surface area contributed by atoms with E-state index in [4.69, 9.17) is 25.8 Å². The average Bonchev–Trinajstić information content (AvgIpc) is 3.69. The van der Waals surface area contributed by atoms with E-state index < -0.39 is 34.3 Å². The second kappa shape index (κ2) is 24.3. The van der Waals surface area contributed by atoms with Crippen molar-refractivity contribution in [1.82, 2.24) is 40.3 Å². The first kappa shape index (κ1) is 52.7. The third kappa shape index (κ3) is 13.6. The zero-order chi connectivity index (χ0) is 49.8. The van der Waals surface area contributed by atoms with E-state index >= 15 is 4.39 Å². The normalized spacial score (nSPS) is 17.2. The van der Waals surface area contributed by atoms with Crippen molar-refractivity contribution >= 4 is 70.1 Å². The van der Waals surface area contributed by atoms with Crippen LogP contribution < -0.4 is 26.0 Å². The quantitative estimate of drug-likeness (QED) is 0.0614. The van der Waals surface area contributed by atoms with Crippen molar-refractivity contribution in [3.8, 4) is 16.2 Å². The number of aromatic nitrogens is 3. The molecule has 2 saturated heterocycles. The topological polar surface area (TPSA) is 192 Å². The minimum Gasteiger partial charge on any atom is -0.496 e. The number of thiazole rings is 1. The van der Waals surface area contributed by atoms with E-state index in [1.54, 1.807) is 36.5 Å². The van der Waals surface area contributed by atoms with Crippen LogP contribution in [0, 0.1) is 6.92 Å². The third-order valence-corrected chi connectivity index (χ3v) is 15.4. The van der Waals surface area contributed by atoms with Gasteiger partial charge in [0.1, 0.15) is 28.7 Å². The second-order valence-corrected chi connectivity index (χ2v) is 21.1. The van der Waals surface area contributed by atoms with Gasteiger partial charge >= 0.3 is 0 Å². The Morgan fingerprint density at radius 3 is 2.41 bits per heavy atom. The Balaban J connectivity index is 0.796. The Labute approximate surface area is 422 Å². The minimum absolute atomic E-state index is 0.0532. The number of carbonyl (C=O) groups is 4. The lowest BCUT2D eigenvalue weighted by atomic mass is 10.00. The van der Waals surface area contributed by atoms with Crippen molar-refractivity contribution in [3.05, 3.63) is 81.6 Å². The van der Waals surface area contributed by atoms with Crippen molar-refractivity contribution in [2.45, 2.75) is 82.0 Å². The Hall–Kier alpha value is -5.12. The van der Waals surface area contributed by atoms with Gasteiger partial charge in [-0.3, -0.25) is 24.1 Å². The SMILES string of the molecule is CNc1nc(NCc2ccc(C(=O)N3CCN(CCOCCOCCSC(C)(C)C(NC(=O)C4(F)CC4)C(=O)N4CCC[C@H]4C(=O)NCc4ccc(-c5scnc5C)cc4)CC3)cc2OC)ncc1Cl. The molecular weight excluding hydrogens is 959 g/mol. The standard InChI is InChI=1S/C49H64ClFN10O7S2/c1-32-40(69-31-56-32)34-10-8-33(9-11-34)28-53-43(62)38-7-6-16-61(38)45(64)41(57-46(65)49(51)14-15-49)48(2,3)70-26-25-68-24-23-67-22-21-59-17-19-60(20-18-59)44(63)35-12-13-36(39(27-35)66-5)29-54-47-55-30-37(50)42(52-4)58-47/h8-13,27,30-31,38,41H,6-7,14-26,28-29H2,1-5H3,(H,53,62)(H,57,65)(H2,52,54,55,58)/t38-,41?/m0/s1. The molecule has 2 aromatic heterocycles. The Bertz CT molecular complexity index is 2440. The molecule has 7 rings (SSSR count). The zero-order valence-corrected chi connectivity index (χ0v) is 42.9. The summed E-state index contributed by atoms with van der Waals surface area (Å²) in [6, 6.07) is 11.6. The summed E-state index contributed by atoms with van der Waals surface area (Å²) in [5.41, 5.74) is 4.21. The average molecular weight is 1020 g/mol. The summed E-state index contributed by atoms with van der Waals surface area (Å²) in [4.78, 5) is 74.1. The van der Waals surface area contributed by atoms with Crippen LogP contribution >= 0.6 is 34.7 Å². The first-order valence-electron chi connectivity index (χ1n) is 23.7. The number of alkyl halides is 1. The van der Waals surface area contributed by atoms with E-state index in [9.17, 15) is 19.2 Å². The summed E-state index contributed by atoms with van der Waals surface area (Å²) >= 11 is 9.13. The Morgan fingerprint density at radius 1 is 0.986 bits per heavy atom. The number of hydrogen-bond acceptors (Lipinski definition) is 15. The van der Waals surface area contributed by atoms with Gasteiger partial charge in [0.2, 0.25) is 17.8 Å². The van der Waals surface area contributed by atoms with Crippen molar-refractivity contribution in [2.24, 2.45) is 0 Å². The number of nitrogens with zero attached hydrogens (tertiary/aromatic N) is 6. The van der Waals surface area contributed by atoms with E-state index in [1.165, 1.54) is 18.0 Å². The monoisotopic (exact) mass is 1020 g/mol. The minimum atomic E-state index is -1.97. The molecular formula is C49H64ClFN10O7S2. The van der Waals surface area contributed by atoms with E-state index in [0.717, 1.165) is 46.9 Å². The maximum absolute atomic E-state index is 15.0. The van der Waals surface area contributed by atoms with Gasteiger partial charge in [-0.2, -0.15) is 16.7 Å². The third-order valence-electron chi connectivity index (χ3n) is 12.8. The van der Waals surface area contributed by atoms with E-state index in [-0.39, 0.29) is 24.7 Å². The molecule has 4 heterocycles. The van der Waals surface area contributed by atoms with Gasteiger partial charge in [0, 0.05) is 81.0 Å². The van der Waals surface area contributed by atoms with Crippen LogP contribution in [0.25, 0.3) is 10.4 Å². The zero-order valence-electron chi connectivity index (χ0n) is 40.5. The second-order valence-electron chi connectivity index (χ2n) is 18.1. The predicted octanol–water partition coefficient (Wildman–Crippen LogP) is 5.82. The van der Waals surface area contributed by atoms with E-state index in [0.29, 0.717) is 106 Å². The number of methoxy groups -OCH3 is 1. The number of aryl methyl sites for hydroxylation is 1. The number of likely N-dealkylation sites (tertiary alicyclic amines) is 1. The van der Waals surface area contributed by atoms with Crippen LogP contribution in [-0.2, 0) is 36.9 Å². The predicted molar refractivity (Wildman–Crippen MR) is 271 cm³/mol. The Kier molecular flexibility index (Phi) is 18.3. The van der Waals surface area contributed by atoms with Gasteiger partial charge in [-0.1, -0.05) is 41.9 Å². The number of ether oxygens (including phenoxy) is 3. The molecule has 3 fully saturated rings. The largest absolute Gasteiger partial charge is 0.496 e. The molecule has 4 aromatic rings. The van der Waals surface area contributed by atoms with Gasteiger partial charge < -0.3 is 45.3 Å². The molecule has 4 amide bonds. The number of anilines is 2. The van der Waals surface area contributed by atoms with Gasteiger partial charge in [0.15, 0.2) is 5.67 Å². The highest BCUT2D eigenvalue weighted by Crippen LogP contribution is 2.41. The molecule has 2 atom stereocenters. The number of piperazine rings is 1. The number of amides is 4. The molecule has 1 aliphatic carbocycles. The molecule has 21 heteroatoms. The molecule has 17 nitrogen and oxygen atoms in total. The summed E-state index contributed by atoms with van der Waals surface area (Å²) in [5.74, 6) is 0.516. The number of thioether (sulfide) groups is 1. The molecule has 1 saturated carbocycles. The first-order chi connectivity index (χ1) is 33.7. The lowest BCUT2D eigenvalue weighted by Crippen LogP contribution is -2.61. The summed E-state index contributed by atoms with van der Waals surface area (Å²) in [6.45, 7) is 11.7. The molecule has 2 aliphatic heterocycles. The van der Waals surface area contributed by atoms with E-state index in [1.807, 2.05) is 67.6 Å². The van der Waals surface area contributed by atoms with Crippen LogP contribution in [0.1, 0.15) is 66.7 Å². The Morgan fingerprint density at radius 2 is 1.73 bits per heavy atom. The summed E-state index contributed by atoms with van der Waals surface area (Å²) in [6.07, 6.45) is 2.89. The van der Waals surface area contributed by atoms with Crippen LogP contribution in [0.3, 0.4) is 0 Å². The highest BCUT2D eigenvalue weighted by molar-refractivity contribution is 8.00. The lowest BCUT2D eigenvalue weighted by Gasteiger charge is -2.37. The van der Waals surface area contributed by atoms with Crippen LogP contribution in [0.4, 0.5) is 16.2 Å². The maximum atomic E-state index is 15.0. The van der Waals surface area contributed by atoms with Gasteiger partial charge in [0.25, 0.3) is 11.8 Å². The summed E-state index contributed by atoms with van der Waals surface area (Å²) in [7, 11) is 3.31. The molecule has 0 spiro atoms. The first-order valence-corrected chi connectivity index (χ1v) is 25.9. The highest BCUT2D eigenvalue weighted by atomic mass is 35.5. The van der Waals surface area contributed by atoms with Gasteiger partial charge in [0.05, 0.1) is 55.8 Å². The molecule has 2 aromatic carbocycles. The van der Waals surface area contributed by atoms with Crippen LogP contribution in [-0.4, -0.2) is 161 Å². The van der Waals surface area contributed by atoms with Crippen LogP contribution in [0.15, 0.2) is 54.2 Å². The molecule has 0 bridgehead atoms. The fraction of sp³-hybridized carbons (Fsp3) is 0.531. The number of nitrogens with one attached hydrogen (secondary N) is 4. The van der Waals surface area contributed by atoms with Crippen LogP contribution in [0.2, 0.25) is 5.02 Å². The fourth-order valence-corrected chi connectivity index (χ4v) is 10.5. The molecule has 1 unspecified atom stereocenters. The molecule has 0 radical (unpaired) electrons. The van der Waals surface area contributed by atoms with Gasteiger partial charge in [-0.05, 0) is 69.7 Å². The molecule has 3 aliphatic rings. The van der Waals surface area contributed by atoms with Crippen molar-refractivity contribution < 1.29 is 37.8 Å². The smallest absolute Gasteiger partial charge is 0.258 e. The van der Waals surface area contributed by atoms with Crippen molar-refractivity contribution in [2.75, 3.05) is 96.2 Å². The lowest BCUT2D eigenvalue weighted by molar-refractivity contribution is -0.143. The number of carbonyl (C=O) groups excluding carboxylic acids is 4. The fourth-order valence-electron chi connectivity index (χ4n) is 8.40. The maximum Gasteiger partial charge on any atom is 0.258 e. The molecule has 4 N–H and O–H groups in total. The highest BCUT2D eigenvalue weighted by Gasteiger charge is 2.53. The number of halogens is 2. The summed E-state index contributed by atoms with van der Waals surface area (Å²) in [5, 5.41) is 12.3. The number of rotatable bonds is 24. The number of benzene rings is 2. The van der Waals surface area contributed by atoms with Crippen molar-refractivity contribution in [3.63, 3.8) is 0 Å². The van der Waals surface area contributed by atoms with Gasteiger partial charge in [-0.15, -0.1) is 11.3 Å². The van der Waals surface area contributed by atoms with Gasteiger partial charge in [-0.25, -0.2) is 14.4 Å². The summed E-state index contributed by atoms with van der Waals surface area (Å²) < 4.78 is 31.5. The molecule has 378 valence electrons. The van der Waals surface area contributed by atoms with Crippen molar-refractivity contribution in [1.29, 1.82) is 0 Å². The number of hydrogen-bond donors (Lipinski definition) is 4. The van der Waals surface area contributed by atoms with E-state index in [2.05, 4.69) is 41.1 Å².